The molecule has 1 aliphatic heterocycles. The first-order valence-electron chi connectivity index (χ1n) is 17.1. The summed E-state index contributed by atoms with van der Waals surface area (Å²) < 4.78 is 8.49. The van der Waals surface area contributed by atoms with E-state index in [1.54, 1.807) is 0 Å². The zero-order valence-electron chi connectivity index (χ0n) is 27.4. The molecule has 0 radical (unpaired) electrons. The van der Waals surface area contributed by atoms with E-state index in [-0.39, 0.29) is 5.41 Å². The van der Waals surface area contributed by atoms with Crippen molar-refractivity contribution in [2.75, 3.05) is 0 Å². The molecule has 0 N–H and O–H groups in total. The number of furan rings is 1. The summed E-state index contributed by atoms with van der Waals surface area (Å²) in [5.74, 6) is 1.60. The second-order valence-electron chi connectivity index (χ2n) is 13.7. The second-order valence-corrected chi connectivity index (χ2v) is 13.7. The molecule has 0 saturated carbocycles. The van der Waals surface area contributed by atoms with Crippen LogP contribution in [0.4, 0.5) is 0 Å². The van der Waals surface area contributed by atoms with Gasteiger partial charge in [0, 0.05) is 32.5 Å². The van der Waals surface area contributed by atoms with Crippen LogP contribution in [0.5, 0.6) is 0 Å². The fraction of sp³-hybridized carbons (Fsp3) is 0.111. The number of amidine groups is 1. The third kappa shape index (κ3) is 4.23. The number of fused-ring (bicyclic) bond motifs is 9. The van der Waals surface area contributed by atoms with Crippen LogP contribution in [0.1, 0.15) is 48.9 Å². The minimum atomic E-state index is -0.0711. The fourth-order valence-electron chi connectivity index (χ4n) is 8.08. The van der Waals surface area contributed by atoms with Gasteiger partial charge >= 0.3 is 0 Å². The number of aromatic nitrogens is 1. The molecule has 0 unspecified atom stereocenters. The Hall–Kier alpha value is -6.00. The van der Waals surface area contributed by atoms with Crippen molar-refractivity contribution in [1.29, 1.82) is 0 Å². The average Bonchev–Trinajstić information content (AvgIpc) is 3.73. The summed E-state index contributed by atoms with van der Waals surface area (Å²) in [6, 6.07) is 47.4. The Morgan fingerprint density at radius 1 is 0.571 bits per heavy atom. The van der Waals surface area contributed by atoms with Crippen molar-refractivity contribution in [2.24, 2.45) is 9.98 Å². The number of aliphatic imine (C=N–C) groups is 2. The molecule has 0 saturated heterocycles. The molecule has 3 heterocycles. The molecular formula is C45H33N3O. The molecule has 0 spiro atoms. The maximum Gasteiger partial charge on any atom is 0.161 e. The summed E-state index contributed by atoms with van der Waals surface area (Å²) in [5.41, 5.74) is 12.5. The quantitative estimate of drug-likeness (QED) is 0.191. The predicted molar refractivity (Wildman–Crippen MR) is 204 cm³/mol. The molecule has 2 aromatic heterocycles. The van der Waals surface area contributed by atoms with Gasteiger partial charge in [0.25, 0.3) is 0 Å². The molecule has 10 rings (SSSR count). The van der Waals surface area contributed by atoms with Gasteiger partial charge in [-0.05, 0) is 89.2 Å². The van der Waals surface area contributed by atoms with Crippen LogP contribution >= 0.6 is 0 Å². The van der Waals surface area contributed by atoms with Gasteiger partial charge in [-0.15, -0.1) is 0 Å². The Bertz CT molecular complexity index is 2740. The van der Waals surface area contributed by atoms with E-state index in [2.05, 4.69) is 140 Å². The Kier molecular flexibility index (Phi) is 6.01. The second kappa shape index (κ2) is 10.5. The molecule has 8 aromatic rings. The molecule has 2 aliphatic rings. The minimum Gasteiger partial charge on any atom is -0.456 e. The standard InChI is InChI=1S/C45H33N3O/c1-45(2)36-18-9-6-15-30(36)33-27-40-34(26-37(33)45)31-16-7-10-20-39(31)48(40)43-22-12-19-38(46-44(47-43)28-13-4-3-5-14-28)29-23-24-42-35(25-29)32-17-8-11-21-41(32)49-42/h3-11,13-18,20-27H,12,19H2,1-2H3/b43-22+,46-38?,47-44-. The Morgan fingerprint density at radius 2 is 1.33 bits per heavy atom. The van der Waals surface area contributed by atoms with Gasteiger partial charge in [0.2, 0.25) is 0 Å². The largest absolute Gasteiger partial charge is 0.456 e. The number of allylic oxidation sites excluding steroid dienone is 1. The lowest BCUT2D eigenvalue weighted by Gasteiger charge is -2.21. The third-order valence-electron chi connectivity index (χ3n) is 10.5. The normalized spacial score (nSPS) is 17.6. The van der Waals surface area contributed by atoms with Crippen LogP contribution < -0.4 is 0 Å². The van der Waals surface area contributed by atoms with E-state index in [1.165, 1.54) is 33.0 Å². The summed E-state index contributed by atoms with van der Waals surface area (Å²) in [6.45, 7) is 4.69. The molecule has 6 aromatic carbocycles. The predicted octanol–water partition coefficient (Wildman–Crippen LogP) is 11.5. The van der Waals surface area contributed by atoms with Crippen molar-refractivity contribution in [1.82, 2.24) is 4.57 Å². The maximum absolute atomic E-state index is 6.14. The van der Waals surface area contributed by atoms with E-state index in [1.807, 2.05) is 18.2 Å². The van der Waals surface area contributed by atoms with E-state index in [4.69, 9.17) is 14.4 Å². The molecule has 4 nitrogen and oxygen atoms in total. The van der Waals surface area contributed by atoms with Crippen LogP contribution in [0.2, 0.25) is 0 Å². The Balaban J connectivity index is 1.18. The van der Waals surface area contributed by atoms with Crippen molar-refractivity contribution in [2.45, 2.75) is 32.1 Å². The highest BCUT2D eigenvalue weighted by atomic mass is 16.3. The summed E-state index contributed by atoms with van der Waals surface area (Å²) in [6.07, 6.45) is 3.88. The average molecular weight is 632 g/mol. The maximum atomic E-state index is 6.14. The van der Waals surface area contributed by atoms with Gasteiger partial charge in [-0.1, -0.05) is 105 Å². The Morgan fingerprint density at radius 3 is 2.22 bits per heavy atom. The van der Waals surface area contributed by atoms with E-state index in [0.717, 1.165) is 68.5 Å². The molecular weight excluding hydrogens is 599 g/mol. The van der Waals surface area contributed by atoms with Crippen molar-refractivity contribution in [3.05, 3.63) is 162 Å². The smallest absolute Gasteiger partial charge is 0.161 e. The lowest BCUT2D eigenvalue weighted by atomic mass is 9.82. The van der Waals surface area contributed by atoms with E-state index >= 15 is 0 Å². The van der Waals surface area contributed by atoms with Crippen LogP contribution in [-0.2, 0) is 5.41 Å². The van der Waals surface area contributed by atoms with Crippen molar-refractivity contribution in [3.63, 3.8) is 0 Å². The first-order valence-corrected chi connectivity index (χ1v) is 17.1. The number of rotatable bonds is 3. The topological polar surface area (TPSA) is 42.8 Å². The van der Waals surface area contributed by atoms with Crippen molar-refractivity contribution in [3.8, 4) is 11.1 Å². The summed E-state index contributed by atoms with van der Waals surface area (Å²) in [4.78, 5) is 10.8. The molecule has 0 bridgehead atoms. The summed E-state index contributed by atoms with van der Waals surface area (Å²) in [7, 11) is 0. The molecule has 234 valence electrons. The number of benzene rings is 6. The molecule has 0 fully saturated rings. The lowest BCUT2D eigenvalue weighted by molar-refractivity contribution is 0.661. The van der Waals surface area contributed by atoms with Gasteiger partial charge in [0.1, 0.15) is 17.0 Å². The number of hydrogen-bond acceptors (Lipinski definition) is 3. The summed E-state index contributed by atoms with van der Waals surface area (Å²) >= 11 is 0. The molecule has 0 atom stereocenters. The third-order valence-corrected chi connectivity index (χ3v) is 10.5. The zero-order valence-corrected chi connectivity index (χ0v) is 27.4. The molecule has 0 amide bonds. The van der Waals surface area contributed by atoms with Gasteiger partial charge in [0.05, 0.1) is 16.7 Å². The first kappa shape index (κ1) is 28.1. The van der Waals surface area contributed by atoms with Gasteiger partial charge < -0.3 is 4.42 Å². The number of nitrogens with zero attached hydrogens (tertiary/aromatic N) is 3. The Labute approximate surface area is 284 Å². The fourth-order valence-corrected chi connectivity index (χ4v) is 8.08. The van der Waals surface area contributed by atoms with E-state index < -0.39 is 0 Å². The van der Waals surface area contributed by atoms with Crippen LogP contribution in [0.25, 0.3) is 60.7 Å². The van der Waals surface area contributed by atoms with Gasteiger partial charge in [-0.2, -0.15) is 0 Å². The number of hydrogen-bond donors (Lipinski definition) is 0. The monoisotopic (exact) mass is 631 g/mol. The van der Waals surface area contributed by atoms with Crippen molar-refractivity contribution < 1.29 is 4.42 Å². The van der Waals surface area contributed by atoms with Crippen LogP contribution in [-0.4, -0.2) is 16.1 Å². The molecule has 49 heavy (non-hydrogen) atoms. The number of para-hydroxylation sites is 2. The molecule has 1 aliphatic carbocycles. The highest BCUT2D eigenvalue weighted by Crippen LogP contribution is 2.51. The van der Waals surface area contributed by atoms with Crippen molar-refractivity contribution >= 4 is 61.1 Å². The molecule has 4 heteroatoms. The van der Waals surface area contributed by atoms with E-state index in [0.29, 0.717) is 5.84 Å². The SMILES string of the molecule is CC1(C)c2ccccc2-c2cc3c(cc21)c1ccccc1n3C1=C/CCC(c2ccc3oc4ccccc4c3c2)=N/C(c2ccccc2)=N\1. The van der Waals surface area contributed by atoms with Gasteiger partial charge in [0.15, 0.2) is 5.84 Å². The zero-order chi connectivity index (χ0) is 32.7. The van der Waals surface area contributed by atoms with Crippen LogP contribution in [0, 0.1) is 0 Å². The van der Waals surface area contributed by atoms with Gasteiger partial charge in [-0.3, -0.25) is 4.57 Å². The highest BCUT2D eigenvalue weighted by Gasteiger charge is 2.36. The highest BCUT2D eigenvalue weighted by molar-refractivity contribution is 6.17. The summed E-state index contributed by atoms with van der Waals surface area (Å²) in [5, 5.41) is 4.71. The lowest BCUT2D eigenvalue weighted by Crippen LogP contribution is -2.14. The van der Waals surface area contributed by atoms with Gasteiger partial charge in [-0.25, -0.2) is 9.98 Å². The van der Waals surface area contributed by atoms with Crippen LogP contribution in [0.15, 0.2) is 154 Å². The van der Waals surface area contributed by atoms with E-state index in [9.17, 15) is 0 Å². The van der Waals surface area contributed by atoms with Crippen LogP contribution in [0.3, 0.4) is 0 Å². The minimum absolute atomic E-state index is 0.0711. The first-order chi connectivity index (χ1) is 24.0.